The smallest absolute Gasteiger partial charge is 0.0936 e. The Morgan fingerprint density at radius 2 is 1.90 bits per heavy atom. The minimum absolute atomic E-state index is 0.460. The fraction of sp³-hybridized carbons (Fsp3) is 0.647. The van der Waals surface area contributed by atoms with Gasteiger partial charge < -0.3 is 10.8 Å². The highest BCUT2D eigenvalue weighted by Crippen LogP contribution is 2.36. The molecule has 3 heteroatoms. The van der Waals surface area contributed by atoms with Crippen LogP contribution in [-0.2, 0) is 0 Å². The quantitative estimate of drug-likeness (QED) is 0.830. The van der Waals surface area contributed by atoms with Gasteiger partial charge >= 0.3 is 0 Å². The lowest BCUT2D eigenvalue weighted by Gasteiger charge is -2.31. The molecule has 3 rings (SSSR count). The molecule has 2 atom stereocenters. The molecule has 110 valence electrons. The van der Waals surface area contributed by atoms with Crippen LogP contribution >= 0.6 is 0 Å². The number of rotatable bonds is 4. The molecule has 1 aromatic rings. The molecular formula is C17H26N2O. The summed E-state index contributed by atoms with van der Waals surface area (Å²) < 4.78 is 0. The van der Waals surface area contributed by atoms with Crippen molar-refractivity contribution < 1.29 is 5.11 Å². The number of nitrogens with zero attached hydrogens (tertiary/aromatic N) is 1. The van der Waals surface area contributed by atoms with Crippen LogP contribution in [0.4, 0.5) is 5.69 Å². The van der Waals surface area contributed by atoms with Crippen molar-refractivity contribution in [1.29, 1.82) is 0 Å². The zero-order chi connectivity index (χ0) is 13.9. The van der Waals surface area contributed by atoms with E-state index in [0.29, 0.717) is 11.7 Å². The Morgan fingerprint density at radius 3 is 2.65 bits per heavy atom. The first-order valence-corrected chi connectivity index (χ1v) is 8.02. The predicted molar refractivity (Wildman–Crippen MR) is 82.4 cm³/mol. The first kappa shape index (κ1) is 13.9. The zero-order valence-corrected chi connectivity index (χ0v) is 12.2. The molecule has 0 aromatic heterocycles. The molecule has 20 heavy (non-hydrogen) atoms. The molecule has 0 bridgehead atoms. The summed E-state index contributed by atoms with van der Waals surface area (Å²) in [5.41, 5.74) is 7.56. The van der Waals surface area contributed by atoms with Crippen LogP contribution in [0, 0.1) is 5.92 Å². The van der Waals surface area contributed by atoms with Gasteiger partial charge in [0.1, 0.15) is 0 Å². The second-order valence-corrected chi connectivity index (χ2v) is 6.39. The molecule has 1 aromatic carbocycles. The van der Waals surface area contributed by atoms with Crippen LogP contribution in [0.3, 0.4) is 0 Å². The number of nitrogen functional groups attached to an aromatic ring is 1. The Labute approximate surface area is 121 Å². The summed E-state index contributed by atoms with van der Waals surface area (Å²) in [5.74, 6) is 0.859. The number of benzene rings is 1. The number of aliphatic hydroxyl groups excluding tert-OH is 1. The zero-order valence-electron chi connectivity index (χ0n) is 12.2. The van der Waals surface area contributed by atoms with Crippen molar-refractivity contribution >= 4 is 5.69 Å². The lowest BCUT2D eigenvalue weighted by molar-refractivity contribution is 0.0898. The van der Waals surface area contributed by atoms with Crippen LogP contribution in [0.2, 0.25) is 0 Å². The molecule has 0 spiro atoms. The largest absolute Gasteiger partial charge is 0.398 e. The van der Waals surface area contributed by atoms with E-state index < -0.39 is 6.10 Å². The SMILES string of the molecule is Nc1ccccc1C(O)CN1CCCC1C1CCCC1. The number of β-amino-alcohol motifs (C(OH)–C–C–N with tert-alkyl or cyclic N) is 1. The third kappa shape index (κ3) is 2.84. The Bertz CT molecular complexity index is 442. The molecule has 1 aliphatic heterocycles. The summed E-state index contributed by atoms with van der Waals surface area (Å²) in [7, 11) is 0. The Hall–Kier alpha value is -1.06. The van der Waals surface area contributed by atoms with E-state index in [2.05, 4.69) is 4.90 Å². The van der Waals surface area contributed by atoms with Crippen molar-refractivity contribution in [2.45, 2.75) is 50.7 Å². The highest BCUT2D eigenvalue weighted by molar-refractivity contribution is 5.47. The second-order valence-electron chi connectivity index (χ2n) is 6.39. The summed E-state index contributed by atoms with van der Waals surface area (Å²) in [4.78, 5) is 2.51. The van der Waals surface area contributed by atoms with Crippen molar-refractivity contribution in [1.82, 2.24) is 4.90 Å². The standard InChI is InChI=1S/C17H26N2O/c18-15-9-4-3-8-14(15)17(20)12-19-11-5-10-16(19)13-6-1-2-7-13/h3-4,8-9,13,16-17,20H,1-2,5-7,10-12,18H2. The lowest BCUT2D eigenvalue weighted by atomic mass is 9.95. The maximum absolute atomic E-state index is 10.5. The third-order valence-electron chi connectivity index (χ3n) is 5.12. The van der Waals surface area contributed by atoms with Gasteiger partial charge in [0.25, 0.3) is 0 Å². The molecule has 3 nitrogen and oxygen atoms in total. The predicted octanol–water partition coefficient (Wildman–Crippen LogP) is 2.96. The van der Waals surface area contributed by atoms with E-state index in [1.165, 1.54) is 38.5 Å². The first-order chi connectivity index (χ1) is 9.75. The van der Waals surface area contributed by atoms with Gasteiger partial charge in [-0.3, -0.25) is 4.90 Å². The van der Waals surface area contributed by atoms with E-state index in [1.54, 1.807) is 0 Å². The first-order valence-electron chi connectivity index (χ1n) is 8.02. The molecule has 0 amide bonds. The molecule has 2 fully saturated rings. The highest BCUT2D eigenvalue weighted by Gasteiger charge is 2.34. The van der Waals surface area contributed by atoms with Gasteiger partial charge in [-0.2, -0.15) is 0 Å². The van der Waals surface area contributed by atoms with Gasteiger partial charge in [0, 0.05) is 23.8 Å². The number of hydrogen-bond acceptors (Lipinski definition) is 3. The third-order valence-corrected chi connectivity index (χ3v) is 5.12. The normalized spacial score (nSPS) is 26.1. The monoisotopic (exact) mass is 274 g/mol. The van der Waals surface area contributed by atoms with Crippen molar-refractivity contribution in [3.63, 3.8) is 0 Å². The minimum atomic E-state index is -0.460. The van der Waals surface area contributed by atoms with Crippen LogP contribution in [0.5, 0.6) is 0 Å². The van der Waals surface area contributed by atoms with E-state index in [4.69, 9.17) is 5.73 Å². The summed E-state index contributed by atoms with van der Waals surface area (Å²) >= 11 is 0. The molecule has 3 N–H and O–H groups in total. The molecule has 1 aliphatic carbocycles. The molecule has 2 aliphatic rings. The molecule has 0 radical (unpaired) electrons. The number of aliphatic hydroxyl groups is 1. The summed E-state index contributed by atoms with van der Waals surface area (Å²) in [6, 6.07) is 8.38. The summed E-state index contributed by atoms with van der Waals surface area (Å²) in [6.45, 7) is 1.86. The van der Waals surface area contributed by atoms with Crippen LogP contribution in [-0.4, -0.2) is 29.1 Å². The maximum Gasteiger partial charge on any atom is 0.0936 e. The topological polar surface area (TPSA) is 49.5 Å². The average molecular weight is 274 g/mol. The van der Waals surface area contributed by atoms with Crippen molar-refractivity contribution in [2.75, 3.05) is 18.8 Å². The fourth-order valence-corrected chi connectivity index (χ4v) is 4.09. The number of likely N-dealkylation sites (tertiary alicyclic amines) is 1. The summed E-state index contributed by atoms with van der Waals surface area (Å²) in [6.07, 6.45) is 7.67. The number of nitrogens with two attached hydrogens (primary N) is 1. The van der Waals surface area contributed by atoms with Gasteiger partial charge in [0.15, 0.2) is 0 Å². The van der Waals surface area contributed by atoms with Crippen molar-refractivity contribution in [2.24, 2.45) is 5.92 Å². The molecule has 1 heterocycles. The van der Waals surface area contributed by atoms with Crippen LogP contribution < -0.4 is 5.73 Å². The fourth-order valence-electron chi connectivity index (χ4n) is 4.09. The number of anilines is 1. The highest BCUT2D eigenvalue weighted by atomic mass is 16.3. The van der Waals surface area contributed by atoms with E-state index in [-0.39, 0.29) is 0 Å². The van der Waals surface area contributed by atoms with Gasteiger partial charge in [0.2, 0.25) is 0 Å². The van der Waals surface area contributed by atoms with Gasteiger partial charge in [-0.1, -0.05) is 31.0 Å². The molecular weight excluding hydrogens is 248 g/mol. The van der Waals surface area contributed by atoms with Crippen molar-refractivity contribution in [3.8, 4) is 0 Å². The van der Waals surface area contributed by atoms with E-state index in [0.717, 1.165) is 24.6 Å². The summed E-state index contributed by atoms with van der Waals surface area (Å²) in [5, 5.41) is 10.5. The number of para-hydroxylation sites is 1. The Kier molecular flexibility index (Phi) is 4.27. The Morgan fingerprint density at radius 1 is 1.15 bits per heavy atom. The minimum Gasteiger partial charge on any atom is -0.398 e. The van der Waals surface area contributed by atoms with Crippen molar-refractivity contribution in [3.05, 3.63) is 29.8 Å². The average Bonchev–Trinajstić information content (AvgIpc) is 3.09. The lowest BCUT2D eigenvalue weighted by Crippen LogP contribution is -2.37. The molecule has 1 saturated heterocycles. The van der Waals surface area contributed by atoms with Gasteiger partial charge in [-0.15, -0.1) is 0 Å². The van der Waals surface area contributed by atoms with Crippen LogP contribution in [0.25, 0.3) is 0 Å². The molecule has 2 unspecified atom stereocenters. The van der Waals surface area contributed by atoms with Gasteiger partial charge in [-0.05, 0) is 44.2 Å². The van der Waals surface area contributed by atoms with E-state index in [9.17, 15) is 5.11 Å². The van der Waals surface area contributed by atoms with E-state index in [1.807, 2.05) is 24.3 Å². The van der Waals surface area contributed by atoms with Gasteiger partial charge in [0.05, 0.1) is 6.10 Å². The Balaban J connectivity index is 1.65. The molecule has 1 saturated carbocycles. The van der Waals surface area contributed by atoms with Gasteiger partial charge in [-0.25, -0.2) is 0 Å². The number of hydrogen-bond donors (Lipinski definition) is 2. The second kappa shape index (κ2) is 6.15. The van der Waals surface area contributed by atoms with Crippen LogP contribution in [0.15, 0.2) is 24.3 Å². The maximum atomic E-state index is 10.5. The van der Waals surface area contributed by atoms with E-state index >= 15 is 0 Å². The van der Waals surface area contributed by atoms with Crippen LogP contribution in [0.1, 0.15) is 50.2 Å².